The minimum absolute atomic E-state index is 0.201. The second-order valence-electron chi connectivity index (χ2n) is 10.7. The van der Waals surface area contributed by atoms with Gasteiger partial charge in [0.1, 0.15) is 6.10 Å². The maximum atomic E-state index is 12.6. The molecular weight excluding hydrogens is 616 g/mol. The Bertz CT molecular complexity index is 1660. The van der Waals surface area contributed by atoms with Gasteiger partial charge in [-0.2, -0.15) is 0 Å². The molecule has 4 aromatic rings. The van der Waals surface area contributed by atoms with Crippen LogP contribution in [0.1, 0.15) is 35.0 Å². The van der Waals surface area contributed by atoms with E-state index in [2.05, 4.69) is 31.4 Å². The lowest BCUT2D eigenvalue weighted by atomic mass is 10.1. The van der Waals surface area contributed by atoms with Crippen molar-refractivity contribution in [3.05, 3.63) is 47.2 Å². The first-order valence-corrected chi connectivity index (χ1v) is 15.6. The second-order valence-corrected chi connectivity index (χ2v) is 11.9. The normalized spacial score (nSPS) is 18.3. The molecule has 0 aliphatic carbocycles. The number of hydrogen-bond donors (Lipinski definition) is 1. The average Bonchev–Trinajstić information content (AvgIpc) is 3.50. The van der Waals surface area contributed by atoms with Crippen LogP contribution in [0.2, 0.25) is 0 Å². The van der Waals surface area contributed by atoms with Crippen LogP contribution in [-0.4, -0.2) is 96.3 Å². The summed E-state index contributed by atoms with van der Waals surface area (Å²) in [5.41, 5.74) is 4.25. The summed E-state index contributed by atoms with van der Waals surface area (Å²) < 4.78 is 22.4. The van der Waals surface area contributed by atoms with Gasteiger partial charge in [0.05, 0.1) is 49.3 Å². The fourth-order valence-electron chi connectivity index (χ4n) is 5.04. The van der Waals surface area contributed by atoms with E-state index in [0.29, 0.717) is 50.3 Å². The molecule has 2 atom stereocenters. The molecule has 46 heavy (non-hydrogen) atoms. The molecule has 2 fully saturated rings. The van der Waals surface area contributed by atoms with Crippen molar-refractivity contribution in [2.45, 2.75) is 38.7 Å². The molecule has 16 heteroatoms. The predicted molar refractivity (Wildman–Crippen MR) is 167 cm³/mol. The Morgan fingerprint density at radius 3 is 2.59 bits per heavy atom. The monoisotopic (exact) mass is 650 g/mol. The van der Waals surface area contributed by atoms with Crippen molar-refractivity contribution < 1.29 is 33.4 Å². The zero-order valence-electron chi connectivity index (χ0n) is 25.7. The lowest BCUT2D eigenvalue weighted by molar-refractivity contribution is -0.213. The van der Waals surface area contributed by atoms with Gasteiger partial charge >= 0.3 is 5.97 Å². The van der Waals surface area contributed by atoms with E-state index in [9.17, 15) is 9.59 Å². The van der Waals surface area contributed by atoms with Gasteiger partial charge < -0.3 is 28.7 Å². The SMILES string of the molecule is COc1ccc(-c2nc(N3CCOCC3)c3sc(CN(C)c4ncc(C(=O)NOC5CCC(OC(C)=O)CO5)cn4)cc3n2)cn1. The number of carbonyl (C=O) groups excluding carboxylic acids is 2. The molecule has 1 amide bonds. The molecule has 2 saturated heterocycles. The van der Waals surface area contributed by atoms with Crippen molar-refractivity contribution in [1.82, 2.24) is 30.4 Å². The lowest BCUT2D eigenvalue weighted by Gasteiger charge is -2.28. The van der Waals surface area contributed by atoms with Crippen molar-refractivity contribution in [3.8, 4) is 17.3 Å². The number of hydroxylamine groups is 1. The smallest absolute Gasteiger partial charge is 0.302 e. The molecule has 0 bridgehead atoms. The molecule has 1 N–H and O–H groups in total. The summed E-state index contributed by atoms with van der Waals surface area (Å²) in [6.45, 7) is 4.82. The fourth-order valence-corrected chi connectivity index (χ4v) is 6.20. The number of nitrogens with one attached hydrogen (secondary N) is 1. The zero-order valence-corrected chi connectivity index (χ0v) is 26.5. The van der Waals surface area contributed by atoms with Crippen molar-refractivity contribution in [1.29, 1.82) is 0 Å². The topological polar surface area (TPSA) is 163 Å². The third-order valence-electron chi connectivity index (χ3n) is 7.36. The number of aromatic nitrogens is 5. The van der Waals surface area contributed by atoms with Crippen LogP contribution in [0, 0.1) is 0 Å². The summed E-state index contributed by atoms with van der Waals surface area (Å²) in [5, 5.41) is 0. The fraction of sp³-hybridized carbons (Fsp3) is 0.433. The number of anilines is 2. The Labute approximate surface area is 268 Å². The van der Waals surface area contributed by atoms with Crippen LogP contribution in [0.15, 0.2) is 36.8 Å². The van der Waals surface area contributed by atoms with E-state index in [-0.39, 0.29) is 24.2 Å². The number of amides is 1. The number of nitrogens with zero attached hydrogens (tertiary/aromatic N) is 7. The number of hydrogen-bond acceptors (Lipinski definition) is 15. The first-order chi connectivity index (χ1) is 22.4. The van der Waals surface area contributed by atoms with Crippen molar-refractivity contribution in [3.63, 3.8) is 0 Å². The van der Waals surface area contributed by atoms with Gasteiger partial charge in [-0.05, 0) is 18.6 Å². The maximum Gasteiger partial charge on any atom is 0.302 e. The third-order valence-corrected chi connectivity index (χ3v) is 8.47. The van der Waals surface area contributed by atoms with Gasteiger partial charge in [0.15, 0.2) is 17.9 Å². The van der Waals surface area contributed by atoms with Gasteiger partial charge in [0, 0.05) is 68.6 Å². The first kappa shape index (κ1) is 31.5. The molecule has 0 radical (unpaired) electrons. The number of methoxy groups -OCH3 is 1. The standard InChI is InChI=1S/C30H34N8O7S/c1-18(39)44-21-5-7-25(43-17-21)45-36-29(40)20-14-32-30(33-15-20)37(2)16-22-12-23-26(46-22)28(38-8-10-42-11-9-38)35-27(34-23)19-4-6-24(41-3)31-13-19/h4,6,12-15,21,25H,5,7-11,16-17H2,1-3H3,(H,36,40). The van der Waals surface area contributed by atoms with Gasteiger partial charge in [-0.1, -0.05) is 0 Å². The molecule has 6 heterocycles. The number of fused-ring (bicyclic) bond motifs is 1. The van der Waals surface area contributed by atoms with Gasteiger partial charge in [-0.25, -0.2) is 35.2 Å². The summed E-state index contributed by atoms with van der Waals surface area (Å²) >= 11 is 1.62. The molecule has 242 valence electrons. The predicted octanol–water partition coefficient (Wildman–Crippen LogP) is 2.75. The number of rotatable bonds is 10. The minimum atomic E-state index is -0.638. The highest BCUT2D eigenvalue weighted by atomic mass is 32.1. The summed E-state index contributed by atoms with van der Waals surface area (Å²) in [6, 6.07) is 5.75. The molecule has 0 aromatic carbocycles. The highest BCUT2D eigenvalue weighted by Gasteiger charge is 2.25. The van der Waals surface area contributed by atoms with Gasteiger partial charge in [-0.15, -0.1) is 11.3 Å². The Morgan fingerprint density at radius 2 is 1.91 bits per heavy atom. The minimum Gasteiger partial charge on any atom is -0.481 e. The molecule has 2 aliphatic rings. The van der Waals surface area contributed by atoms with Gasteiger partial charge in [-0.3, -0.25) is 9.59 Å². The van der Waals surface area contributed by atoms with Crippen LogP contribution in [0.5, 0.6) is 5.88 Å². The van der Waals surface area contributed by atoms with Crippen LogP contribution in [0.4, 0.5) is 11.8 Å². The quantitative estimate of drug-likeness (QED) is 0.197. The molecule has 4 aromatic heterocycles. The molecule has 2 aliphatic heterocycles. The Morgan fingerprint density at radius 1 is 1.11 bits per heavy atom. The van der Waals surface area contributed by atoms with E-state index in [1.165, 1.54) is 19.3 Å². The van der Waals surface area contributed by atoms with E-state index in [1.54, 1.807) is 30.7 Å². The number of esters is 1. The molecule has 6 rings (SSSR count). The van der Waals surface area contributed by atoms with E-state index in [1.807, 2.05) is 18.0 Å². The molecule has 0 spiro atoms. The second kappa shape index (κ2) is 14.3. The van der Waals surface area contributed by atoms with Crippen molar-refractivity contribution in [2.75, 3.05) is 56.9 Å². The maximum absolute atomic E-state index is 12.6. The van der Waals surface area contributed by atoms with E-state index in [0.717, 1.165) is 39.6 Å². The van der Waals surface area contributed by atoms with Gasteiger partial charge in [0.25, 0.3) is 5.91 Å². The highest BCUT2D eigenvalue weighted by Crippen LogP contribution is 2.35. The zero-order chi connectivity index (χ0) is 32.0. The number of carbonyl (C=O) groups is 2. The Kier molecular flexibility index (Phi) is 9.77. The van der Waals surface area contributed by atoms with Crippen LogP contribution in [0.3, 0.4) is 0 Å². The molecule has 15 nitrogen and oxygen atoms in total. The van der Waals surface area contributed by atoms with Crippen LogP contribution < -0.4 is 20.0 Å². The van der Waals surface area contributed by atoms with Crippen LogP contribution in [0.25, 0.3) is 21.6 Å². The van der Waals surface area contributed by atoms with Crippen molar-refractivity contribution in [2.24, 2.45) is 0 Å². The molecule has 0 saturated carbocycles. The van der Waals surface area contributed by atoms with E-state index < -0.39 is 12.2 Å². The van der Waals surface area contributed by atoms with Crippen LogP contribution in [-0.2, 0) is 30.4 Å². The number of pyridine rings is 1. The largest absolute Gasteiger partial charge is 0.481 e. The number of thiophene rings is 1. The highest BCUT2D eigenvalue weighted by molar-refractivity contribution is 7.19. The van der Waals surface area contributed by atoms with Crippen LogP contribution >= 0.6 is 11.3 Å². The summed E-state index contributed by atoms with van der Waals surface area (Å²) in [7, 11) is 3.46. The van der Waals surface area contributed by atoms with E-state index >= 15 is 0 Å². The Balaban J connectivity index is 1.12. The third kappa shape index (κ3) is 7.47. The molecule has 2 unspecified atom stereocenters. The van der Waals surface area contributed by atoms with Crippen molar-refractivity contribution >= 4 is 45.2 Å². The number of morpholine rings is 1. The first-order valence-electron chi connectivity index (χ1n) is 14.8. The summed E-state index contributed by atoms with van der Waals surface area (Å²) in [4.78, 5) is 57.2. The average molecular weight is 651 g/mol. The summed E-state index contributed by atoms with van der Waals surface area (Å²) in [6.07, 6.45) is 4.69. The lowest BCUT2D eigenvalue weighted by Crippen LogP contribution is -2.38. The van der Waals surface area contributed by atoms with E-state index in [4.69, 9.17) is 33.8 Å². The number of ether oxygens (including phenoxy) is 4. The summed E-state index contributed by atoms with van der Waals surface area (Å²) in [5.74, 6) is 1.57. The Hall–Kier alpha value is -4.51. The molecular formula is C30H34N8O7S. The van der Waals surface area contributed by atoms with Gasteiger partial charge in [0.2, 0.25) is 11.8 Å².